The number of benzene rings is 1. The Morgan fingerprint density at radius 3 is 2.72 bits per heavy atom. The van der Waals surface area contributed by atoms with Crippen molar-refractivity contribution >= 4 is 23.3 Å². The third-order valence-corrected chi connectivity index (χ3v) is 8.06. The molecule has 3 aliphatic heterocycles. The Morgan fingerprint density at radius 1 is 1.12 bits per heavy atom. The maximum Gasteiger partial charge on any atom is 0.137 e. The van der Waals surface area contributed by atoms with Crippen molar-refractivity contribution in [3.05, 3.63) is 82.2 Å². The molecule has 0 saturated heterocycles. The van der Waals surface area contributed by atoms with E-state index in [2.05, 4.69) is 72.4 Å². The minimum Gasteiger partial charge on any atom is -0.301 e. The predicted octanol–water partition coefficient (Wildman–Crippen LogP) is 6.46. The van der Waals surface area contributed by atoms with Crippen molar-refractivity contribution in [2.45, 2.75) is 56.9 Å². The van der Waals surface area contributed by atoms with Crippen LogP contribution in [0.3, 0.4) is 0 Å². The number of aliphatic imine (C=N–C) groups is 1. The zero-order valence-electron chi connectivity index (χ0n) is 19.1. The van der Waals surface area contributed by atoms with Gasteiger partial charge in [-0.05, 0) is 91.4 Å². The van der Waals surface area contributed by atoms with Crippen molar-refractivity contribution in [1.82, 2.24) is 9.80 Å². The SMILES string of the molecule is CCSc1cc(C2=CC(=C3CC3)N3C=C(C4=CCN(C5CC5)CC4)C=CC3=N2)ccc1C. The van der Waals surface area contributed by atoms with Crippen LogP contribution in [0.5, 0.6) is 0 Å². The molecule has 0 unspecified atom stereocenters. The summed E-state index contributed by atoms with van der Waals surface area (Å²) in [7, 11) is 0. The first kappa shape index (κ1) is 20.3. The summed E-state index contributed by atoms with van der Waals surface area (Å²) < 4.78 is 0. The fourth-order valence-corrected chi connectivity index (χ4v) is 5.67. The Hall–Kier alpha value is -2.30. The van der Waals surface area contributed by atoms with Gasteiger partial charge in [-0.2, -0.15) is 0 Å². The highest BCUT2D eigenvalue weighted by Crippen LogP contribution is 2.40. The zero-order valence-corrected chi connectivity index (χ0v) is 19.9. The van der Waals surface area contributed by atoms with E-state index in [-0.39, 0.29) is 0 Å². The number of aryl methyl sites for hydroxylation is 1. The number of hydrogen-bond donors (Lipinski definition) is 0. The molecule has 1 aromatic carbocycles. The van der Waals surface area contributed by atoms with Crippen LogP contribution in [0.15, 0.2) is 81.0 Å². The van der Waals surface area contributed by atoms with Crippen molar-refractivity contribution in [3.8, 4) is 0 Å². The second-order valence-corrected chi connectivity index (χ2v) is 10.7. The first-order valence-corrected chi connectivity index (χ1v) is 13.1. The standard InChI is InChI=1S/C28H31N3S/c1-3-32-27-16-22(5-4-19(27)2)25-17-26(21-6-7-21)31-18-23(8-11-28(31)29-25)20-12-14-30(15-13-20)24-9-10-24/h4-5,8,11-12,16-18,24H,3,6-7,9-10,13-15H2,1-2H3. The Balaban J connectivity index is 1.30. The summed E-state index contributed by atoms with van der Waals surface area (Å²) >= 11 is 1.91. The smallest absolute Gasteiger partial charge is 0.137 e. The lowest BCUT2D eigenvalue weighted by atomic mass is 9.97. The van der Waals surface area contributed by atoms with Gasteiger partial charge < -0.3 is 4.90 Å². The lowest BCUT2D eigenvalue weighted by Gasteiger charge is -2.32. The van der Waals surface area contributed by atoms with Gasteiger partial charge in [0.25, 0.3) is 0 Å². The fourth-order valence-electron chi connectivity index (χ4n) is 4.85. The van der Waals surface area contributed by atoms with Gasteiger partial charge in [0.2, 0.25) is 0 Å². The molecule has 164 valence electrons. The summed E-state index contributed by atoms with van der Waals surface area (Å²) in [4.78, 5) is 11.4. The molecule has 5 aliphatic rings. The van der Waals surface area contributed by atoms with Crippen LogP contribution in [0.25, 0.3) is 5.70 Å². The second-order valence-electron chi connectivity index (χ2n) is 9.39. The van der Waals surface area contributed by atoms with E-state index in [1.807, 2.05) is 11.8 Å². The summed E-state index contributed by atoms with van der Waals surface area (Å²) in [6.07, 6.45) is 18.0. The van der Waals surface area contributed by atoms with E-state index in [0.29, 0.717) is 0 Å². The summed E-state index contributed by atoms with van der Waals surface area (Å²) in [5.41, 5.74) is 9.39. The molecular weight excluding hydrogens is 410 g/mol. The van der Waals surface area contributed by atoms with Crippen LogP contribution < -0.4 is 0 Å². The molecule has 0 spiro atoms. The summed E-state index contributed by atoms with van der Waals surface area (Å²) in [5, 5.41) is 0. The maximum absolute atomic E-state index is 5.09. The molecular formula is C28H31N3S. The van der Waals surface area contributed by atoms with Crippen LogP contribution in [0.2, 0.25) is 0 Å². The summed E-state index contributed by atoms with van der Waals surface area (Å²) in [6, 6.07) is 7.63. The molecule has 2 fully saturated rings. The van der Waals surface area contributed by atoms with Gasteiger partial charge >= 0.3 is 0 Å². The van der Waals surface area contributed by atoms with Crippen molar-refractivity contribution in [2.24, 2.45) is 4.99 Å². The van der Waals surface area contributed by atoms with Gasteiger partial charge in [-0.3, -0.25) is 4.90 Å². The van der Waals surface area contributed by atoms with E-state index < -0.39 is 0 Å². The molecule has 3 nitrogen and oxygen atoms in total. The van der Waals surface area contributed by atoms with Gasteiger partial charge in [-0.15, -0.1) is 11.8 Å². The number of rotatable bonds is 5. The number of hydrogen-bond acceptors (Lipinski definition) is 4. The number of fused-ring (bicyclic) bond motifs is 1. The van der Waals surface area contributed by atoms with Gasteiger partial charge in [0, 0.05) is 41.5 Å². The number of allylic oxidation sites excluding steroid dienone is 4. The van der Waals surface area contributed by atoms with E-state index in [9.17, 15) is 0 Å². The van der Waals surface area contributed by atoms with Crippen LogP contribution in [-0.4, -0.2) is 40.5 Å². The van der Waals surface area contributed by atoms with Crippen molar-refractivity contribution in [3.63, 3.8) is 0 Å². The Kier molecular flexibility index (Phi) is 5.23. The summed E-state index contributed by atoms with van der Waals surface area (Å²) in [5.74, 6) is 2.13. The lowest BCUT2D eigenvalue weighted by molar-refractivity contribution is 0.285. The molecule has 2 aliphatic carbocycles. The van der Waals surface area contributed by atoms with Gasteiger partial charge in [0.05, 0.1) is 5.70 Å². The van der Waals surface area contributed by atoms with E-state index >= 15 is 0 Å². The van der Waals surface area contributed by atoms with Crippen LogP contribution in [0, 0.1) is 6.92 Å². The zero-order chi connectivity index (χ0) is 21.7. The minimum atomic E-state index is 0.859. The van der Waals surface area contributed by atoms with Crippen LogP contribution in [0.4, 0.5) is 0 Å². The van der Waals surface area contributed by atoms with Crippen molar-refractivity contribution < 1.29 is 0 Å². The fraction of sp³-hybridized carbons (Fsp3) is 0.393. The first-order chi connectivity index (χ1) is 15.7. The normalized spacial score (nSPS) is 22.9. The minimum absolute atomic E-state index is 0.859. The first-order valence-electron chi connectivity index (χ1n) is 12.1. The van der Waals surface area contributed by atoms with Crippen molar-refractivity contribution in [1.29, 1.82) is 0 Å². The average molecular weight is 442 g/mol. The molecule has 1 aromatic rings. The molecule has 0 atom stereocenters. The molecule has 0 bridgehead atoms. The highest BCUT2D eigenvalue weighted by atomic mass is 32.2. The topological polar surface area (TPSA) is 18.8 Å². The van der Waals surface area contributed by atoms with Crippen molar-refractivity contribution in [2.75, 3.05) is 18.8 Å². The largest absolute Gasteiger partial charge is 0.301 e. The van der Waals surface area contributed by atoms with Gasteiger partial charge in [-0.1, -0.05) is 25.1 Å². The Bertz CT molecular complexity index is 1140. The molecule has 3 heterocycles. The molecule has 0 N–H and O–H groups in total. The van der Waals surface area contributed by atoms with E-state index in [1.165, 1.54) is 65.1 Å². The van der Waals surface area contributed by atoms with E-state index in [1.54, 1.807) is 5.57 Å². The average Bonchev–Trinajstić information content (AvgIpc) is 3.73. The third kappa shape index (κ3) is 3.95. The molecule has 0 aromatic heterocycles. The van der Waals surface area contributed by atoms with Crippen LogP contribution >= 0.6 is 11.8 Å². The van der Waals surface area contributed by atoms with Crippen LogP contribution in [-0.2, 0) is 0 Å². The monoisotopic (exact) mass is 441 g/mol. The van der Waals surface area contributed by atoms with E-state index in [4.69, 9.17) is 4.99 Å². The number of amidine groups is 1. The molecule has 0 radical (unpaired) electrons. The van der Waals surface area contributed by atoms with Gasteiger partial charge in [0.1, 0.15) is 5.84 Å². The molecule has 6 rings (SSSR count). The summed E-state index contributed by atoms with van der Waals surface area (Å²) in [6.45, 7) is 6.72. The molecule has 32 heavy (non-hydrogen) atoms. The molecule has 2 saturated carbocycles. The van der Waals surface area contributed by atoms with Gasteiger partial charge in [-0.25, -0.2) is 4.99 Å². The Labute approximate surface area is 196 Å². The highest BCUT2D eigenvalue weighted by Gasteiger charge is 2.31. The van der Waals surface area contributed by atoms with E-state index in [0.717, 1.165) is 36.3 Å². The number of thioether (sulfide) groups is 1. The van der Waals surface area contributed by atoms with Gasteiger partial charge in [0.15, 0.2) is 0 Å². The third-order valence-electron chi connectivity index (χ3n) is 7.02. The predicted molar refractivity (Wildman–Crippen MR) is 136 cm³/mol. The highest BCUT2D eigenvalue weighted by molar-refractivity contribution is 7.99. The second kappa shape index (κ2) is 8.24. The molecule has 0 amide bonds. The maximum atomic E-state index is 5.09. The quantitative estimate of drug-likeness (QED) is 0.489. The Morgan fingerprint density at radius 2 is 2.00 bits per heavy atom. The van der Waals surface area contributed by atoms with Crippen LogP contribution in [0.1, 0.15) is 50.2 Å². The lowest BCUT2D eigenvalue weighted by Crippen LogP contribution is -2.32. The number of nitrogens with zero attached hydrogens (tertiary/aromatic N) is 3. The molecule has 4 heteroatoms.